The molecule has 0 aromatic heterocycles. The van der Waals surface area contributed by atoms with Gasteiger partial charge in [0.25, 0.3) is 0 Å². The molecule has 1 rings (SSSR count). The van der Waals surface area contributed by atoms with Crippen LogP contribution in [0.1, 0.15) is 45.4 Å². The van der Waals surface area contributed by atoms with Crippen molar-refractivity contribution < 1.29 is 33.4 Å². The van der Waals surface area contributed by atoms with Crippen LogP contribution in [0.3, 0.4) is 0 Å². The van der Waals surface area contributed by atoms with Crippen molar-refractivity contribution in [1.82, 2.24) is 0 Å². The minimum atomic E-state index is -0.775. The van der Waals surface area contributed by atoms with Gasteiger partial charge in [0.1, 0.15) is 6.61 Å². The van der Waals surface area contributed by atoms with Gasteiger partial charge in [-0.2, -0.15) is 0 Å². The Morgan fingerprint density at radius 1 is 0.957 bits per heavy atom. The van der Waals surface area contributed by atoms with Gasteiger partial charge >= 0.3 is 23.9 Å². The molecule has 0 bridgehead atoms. The van der Waals surface area contributed by atoms with Crippen molar-refractivity contribution in [2.45, 2.75) is 45.4 Å². The number of ether oxygens (including phenoxy) is 3. The third kappa shape index (κ3) is 8.75. The van der Waals surface area contributed by atoms with Gasteiger partial charge in [0.15, 0.2) is 0 Å². The maximum absolute atomic E-state index is 11.5. The number of hydrogen-bond acceptors (Lipinski definition) is 7. The van der Waals surface area contributed by atoms with Crippen molar-refractivity contribution in [3.8, 4) is 0 Å². The average molecular weight is 326 g/mol. The van der Waals surface area contributed by atoms with Gasteiger partial charge < -0.3 is 14.2 Å². The summed E-state index contributed by atoms with van der Waals surface area (Å²) in [4.78, 5) is 45.2. The van der Waals surface area contributed by atoms with E-state index in [-0.39, 0.29) is 26.1 Å². The SMILES string of the molecule is CCOC(=O)C=CC(=O)OCCC(=O)OC(=O)CC1CCCC1. The lowest BCUT2D eigenvalue weighted by atomic mass is 10.0. The summed E-state index contributed by atoms with van der Waals surface area (Å²) < 4.78 is 14.0. The van der Waals surface area contributed by atoms with Crippen molar-refractivity contribution in [2.75, 3.05) is 13.2 Å². The van der Waals surface area contributed by atoms with Crippen LogP contribution in [0.25, 0.3) is 0 Å². The lowest BCUT2D eigenvalue weighted by Crippen LogP contribution is -2.17. The van der Waals surface area contributed by atoms with Crippen LogP contribution in [0, 0.1) is 5.92 Å². The van der Waals surface area contributed by atoms with Gasteiger partial charge in [-0.25, -0.2) is 9.59 Å². The highest BCUT2D eigenvalue weighted by Crippen LogP contribution is 2.27. The minimum Gasteiger partial charge on any atom is -0.463 e. The number of carbonyl (C=O) groups excluding carboxylic acids is 4. The molecule has 7 heteroatoms. The van der Waals surface area contributed by atoms with E-state index in [1.54, 1.807) is 6.92 Å². The molecule has 1 aliphatic rings. The molecule has 1 aliphatic carbocycles. The van der Waals surface area contributed by atoms with E-state index in [2.05, 4.69) is 9.47 Å². The number of hydrogen-bond donors (Lipinski definition) is 0. The first kappa shape index (κ1) is 18.9. The van der Waals surface area contributed by atoms with Gasteiger partial charge in [-0.3, -0.25) is 9.59 Å². The molecule has 0 radical (unpaired) electrons. The van der Waals surface area contributed by atoms with Crippen LogP contribution in [0.2, 0.25) is 0 Å². The van der Waals surface area contributed by atoms with Crippen LogP contribution >= 0.6 is 0 Å². The lowest BCUT2D eigenvalue weighted by Gasteiger charge is -2.07. The maximum atomic E-state index is 11.5. The zero-order valence-electron chi connectivity index (χ0n) is 13.2. The van der Waals surface area contributed by atoms with Gasteiger partial charge in [-0.05, 0) is 25.7 Å². The topological polar surface area (TPSA) is 96.0 Å². The van der Waals surface area contributed by atoms with E-state index in [0.29, 0.717) is 5.92 Å². The Morgan fingerprint density at radius 3 is 2.17 bits per heavy atom. The van der Waals surface area contributed by atoms with Crippen molar-refractivity contribution in [2.24, 2.45) is 5.92 Å². The van der Waals surface area contributed by atoms with Gasteiger partial charge in [0.2, 0.25) is 0 Å². The summed E-state index contributed by atoms with van der Waals surface area (Å²) in [5, 5.41) is 0. The normalized spacial score (nSPS) is 14.7. The standard InChI is InChI=1S/C16H22O7/c1-2-21-13(17)7-8-14(18)22-10-9-15(19)23-16(20)11-12-5-3-4-6-12/h7-8,12H,2-6,9-11H2,1H3. The maximum Gasteiger partial charge on any atom is 0.331 e. The molecule has 0 heterocycles. The summed E-state index contributed by atoms with van der Waals surface area (Å²) in [5.74, 6) is -2.38. The first-order valence-electron chi connectivity index (χ1n) is 7.76. The predicted octanol–water partition coefficient (Wildman–Crippen LogP) is 1.69. The molecular weight excluding hydrogens is 304 g/mol. The number of carbonyl (C=O) groups is 4. The van der Waals surface area contributed by atoms with Gasteiger partial charge in [-0.15, -0.1) is 0 Å². The fourth-order valence-electron chi connectivity index (χ4n) is 2.28. The van der Waals surface area contributed by atoms with Crippen LogP contribution in [-0.2, 0) is 33.4 Å². The lowest BCUT2D eigenvalue weighted by molar-refractivity contribution is -0.161. The number of esters is 4. The Bertz CT molecular complexity index is 461. The molecule has 1 saturated carbocycles. The highest BCUT2D eigenvalue weighted by atomic mass is 16.6. The molecule has 7 nitrogen and oxygen atoms in total. The summed E-state index contributed by atoms with van der Waals surface area (Å²) in [6.45, 7) is 1.63. The van der Waals surface area contributed by atoms with Crippen molar-refractivity contribution in [3.05, 3.63) is 12.2 Å². The van der Waals surface area contributed by atoms with Crippen LogP contribution in [0.15, 0.2) is 12.2 Å². The summed E-state index contributed by atoms with van der Waals surface area (Å²) >= 11 is 0. The average Bonchev–Trinajstić information content (AvgIpc) is 2.98. The second-order valence-electron chi connectivity index (χ2n) is 5.20. The fourth-order valence-corrected chi connectivity index (χ4v) is 2.28. The van der Waals surface area contributed by atoms with Crippen molar-refractivity contribution in [1.29, 1.82) is 0 Å². The Balaban J connectivity index is 2.14. The molecule has 0 saturated heterocycles. The first-order valence-corrected chi connectivity index (χ1v) is 7.76. The quantitative estimate of drug-likeness (QED) is 0.290. The Morgan fingerprint density at radius 2 is 1.57 bits per heavy atom. The Kier molecular flexibility index (Phi) is 8.64. The van der Waals surface area contributed by atoms with E-state index in [9.17, 15) is 19.2 Å². The van der Waals surface area contributed by atoms with E-state index in [4.69, 9.17) is 4.74 Å². The monoisotopic (exact) mass is 326 g/mol. The second kappa shape index (κ2) is 10.5. The van der Waals surface area contributed by atoms with Crippen molar-refractivity contribution >= 4 is 23.9 Å². The summed E-state index contributed by atoms with van der Waals surface area (Å²) in [6.07, 6.45) is 6.11. The first-order chi connectivity index (χ1) is 11.0. The molecule has 0 spiro atoms. The second-order valence-corrected chi connectivity index (χ2v) is 5.20. The summed E-state index contributed by atoms with van der Waals surface area (Å²) in [7, 11) is 0. The Hall–Kier alpha value is -2.18. The third-order valence-corrected chi connectivity index (χ3v) is 3.35. The molecule has 128 valence electrons. The smallest absolute Gasteiger partial charge is 0.331 e. The minimum absolute atomic E-state index is 0.207. The van der Waals surface area contributed by atoms with Crippen LogP contribution in [-0.4, -0.2) is 37.1 Å². The third-order valence-electron chi connectivity index (χ3n) is 3.35. The van der Waals surface area contributed by atoms with E-state index in [1.807, 2.05) is 0 Å². The fraction of sp³-hybridized carbons (Fsp3) is 0.625. The van der Waals surface area contributed by atoms with E-state index in [1.165, 1.54) is 0 Å². The molecule has 0 amide bonds. The van der Waals surface area contributed by atoms with E-state index >= 15 is 0 Å². The molecule has 0 atom stereocenters. The summed E-state index contributed by atoms with van der Waals surface area (Å²) in [5.41, 5.74) is 0. The van der Waals surface area contributed by atoms with Crippen molar-refractivity contribution in [3.63, 3.8) is 0 Å². The molecule has 0 aliphatic heterocycles. The zero-order chi connectivity index (χ0) is 17.1. The summed E-state index contributed by atoms with van der Waals surface area (Å²) in [6, 6.07) is 0. The number of rotatable bonds is 8. The van der Waals surface area contributed by atoms with Gasteiger partial charge in [0.05, 0.1) is 13.0 Å². The van der Waals surface area contributed by atoms with Gasteiger partial charge in [-0.1, -0.05) is 12.8 Å². The van der Waals surface area contributed by atoms with Crippen LogP contribution in [0.5, 0.6) is 0 Å². The molecule has 0 N–H and O–H groups in total. The largest absolute Gasteiger partial charge is 0.463 e. The predicted molar refractivity (Wildman–Crippen MR) is 79.0 cm³/mol. The molecule has 23 heavy (non-hydrogen) atoms. The highest BCUT2D eigenvalue weighted by Gasteiger charge is 2.20. The van der Waals surface area contributed by atoms with E-state index in [0.717, 1.165) is 37.8 Å². The van der Waals surface area contributed by atoms with Crippen LogP contribution < -0.4 is 0 Å². The molecular formula is C16H22O7. The molecule has 0 aromatic rings. The highest BCUT2D eigenvalue weighted by molar-refractivity contribution is 5.91. The Labute approximate surface area is 135 Å². The zero-order valence-corrected chi connectivity index (χ0v) is 13.2. The van der Waals surface area contributed by atoms with E-state index < -0.39 is 23.9 Å². The van der Waals surface area contributed by atoms with Gasteiger partial charge in [0, 0.05) is 18.6 Å². The molecule has 0 unspecified atom stereocenters. The van der Waals surface area contributed by atoms with Crippen LogP contribution in [0.4, 0.5) is 0 Å². The molecule has 1 fully saturated rings. The molecule has 0 aromatic carbocycles.